The van der Waals surface area contributed by atoms with Crippen molar-refractivity contribution < 1.29 is 27.8 Å². The smallest absolute Gasteiger partial charge is 0.480 e. The Labute approximate surface area is 104 Å². The maximum atomic E-state index is 11.9. The molecule has 1 heterocycles. The maximum absolute atomic E-state index is 11.9. The van der Waals surface area contributed by atoms with Crippen molar-refractivity contribution in [1.29, 1.82) is 0 Å². The van der Waals surface area contributed by atoms with Crippen molar-refractivity contribution in [3.63, 3.8) is 0 Å². The number of likely N-dealkylation sites (tertiary alicyclic amines) is 1. The predicted molar refractivity (Wildman–Crippen MR) is 58.1 cm³/mol. The van der Waals surface area contributed by atoms with Crippen LogP contribution in [0.4, 0.5) is 13.2 Å². The van der Waals surface area contributed by atoms with Crippen molar-refractivity contribution in [1.82, 2.24) is 4.90 Å². The molecule has 1 aliphatic rings. The largest absolute Gasteiger partial charge is 0.522 e. The highest BCUT2D eigenvalue weighted by molar-refractivity contribution is 5.73. The molecule has 0 spiro atoms. The molecule has 1 atom stereocenters. The van der Waals surface area contributed by atoms with Crippen molar-refractivity contribution in [2.75, 3.05) is 19.7 Å². The van der Waals surface area contributed by atoms with Gasteiger partial charge in [-0.05, 0) is 19.4 Å². The van der Waals surface area contributed by atoms with E-state index in [9.17, 15) is 18.0 Å². The van der Waals surface area contributed by atoms with E-state index in [-0.39, 0.29) is 6.54 Å². The van der Waals surface area contributed by atoms with Crippen molar-refractivity contribution in [2.24, 2.45) is 0 Å². The lowest BCUT2D eigenvalue weighted by atomic mass is 10.0. The number of carbonyl (C=O) groups is 1. The van der Waals surface area contributed by atoms with Gasteiger partial charge in [0.1, 0.15) is 6.04 Å². The molecule has 0 saturated carbocycles. The monoisotopic (exact) mass is 269 g/mol. The lowest BCUT2D eigenvalue weighted by molar-refractivity contribution is -0.325. The van der Waals surface area contributed by atoms with Crippen LogP contribution >= 0.6 is 0 Å². The molecule has 0 bridgehead atoms. The predicted octanol–water partition coefficient (Wildman–Crippen LogP) is 2.24. The van der Waals surface area contributed by atoms with E-state index in [1.54, 1.807) is 4.90 Å². The molecule has 1 fully saturated rings. The van der Waals surface area contributed by atoms with Gasteiger partial charge in [0.05, 0.1) is 6.61 Å². The number of hydrogen-bond acceptors (Lipinski definition) is 3. The molecule has 1 aliphatic heterocycles. The fraction of sp³-hybridized carbons (Fsp3) is 0.909. The molecular formula is C11H18F3NO3. The summed E-state index contributed by atoms with van der Waals surface area (Å²) in [5.74, 6) is -0.969. The van der Waals surface area contributed by atoms with Gasteiger partial charge in [0.15, 0.2) is 0 Å². The van der Waals surface area contributed by atoms with Crippen LogP contribution in [0.2, 0.25) is 0 Å². The highest BCUT2D eigenvalue weighted by Gasteiger charge is 2.31. The number of aliphatic carboxylic acids is 1. The molecule has 1 saturated heterocycles. The summed E-state index contributed by atoms with van der Waals surface area (Å²) in [5.41, 5.74) is 0. The van der Waals surface area contributed by atoms with Gasteiger partial charge in [-0.15, -0.1) is 13.2 Å². The Morgan fingerprint density at radius 3 is 2.56 bits per heavy atom. The Morgan fingerprint density at radius 2 is 1.94 bits per heavy atom. The molecule has 1 N–H and O–H groups in total. The molecule has 18 heavy (non-hydrogen) atoms. The fourth-order valence-corrected chi connectivity index (χ4v) is 2.17. The first kappa shape index (κ1) is 15.2. The van der Waals surface area contributed by atoms with Crippen LogP contribution in [-0.2, 0) is 9.53 Å². The highest BCUT2D eigenvalue weighted by atomic mass is 19.4. The summed E-state index contributed by atoms with van der Waals surface area (Å²) in [6.07, 6.45) is -0.578. The number of ether oxygens (including phenoxy) is 1. The Hall–Kier alpha value is -0.820. The Bertz CT molecular complexity index is 271. The molecule has 1 unspecified atom stereocenters. The first-order valence-corrected chi connectivity index (χ1v) is 6.08. The average molecular weight is 269 g/mol. The molecule has 106 valence electrons. The second-order valence-electron chi connectivity index (χ2n) is 4.39. The van der Waals surface area contributed by atoms with E-state index in [1.807, 2.05) is 0 Å². The molecule has 1 rings (SSSR count). The SMILES string of the molecule is O=C(O)C1CCCCCCN1CCOC(F)(F)F. The number of halogens is 3. The van der Waals surface area contributed by atoms with E-state index in [4.69, 9.17) is 5.11 Å². The van der Waals surface area contributed by atoms with E-state index < -0.39 is 25.0 Å². The first-order chi connectivity index (χ1) is 8.40. The quantitative estimate of drug-likeness (QED) is 0.850. The summed E-state index contributed by atoms with van der Waals surface area (Å²) < 4.78 is 39.3. The molecule has 0 radical (unpaired) electrons. The number of nitrogens with zero attached hydrogens (tertiary/aromatic N) is 1. The normalized spacial score (nSPS) is 23.4. The summed E-state index contributed by atoms with van der Waals surface area (Å²) in [5, 5.41) is 9.08. The van der Waals surface area contributed by atoms with E-state index in [2.05, 4.69) is 4.74 Å². The zero-order chi connectivity index (χ0) is 13.6. The van der Waals surface area contributed by atoms with Crippen molar-refractivity contribution in [2.45, 2.75) is 44.5 Å². The van der Waals surface area contributed by atoms with Crippen LogP contribution in [0.5, 0.6) is 0 Å². The van der Waals surface area contributed by atoms with Crippen LogP contribution in [0.25, 0.3) is 0 Å². The van der Waals surface area contributed by atoms with Gasteiger partial charge in [0.25, 0.3) is 0 Å². The van der Waals surface area contributed by atoms with Crippen LogP contribution in [0.15, 0.2) is 0 Å². The lowest BCUT2D eigenvalue weighted by Crippen LogP contribution is -2.44. The number of carboxylic acid groups (broad SMARTS) is 1. The second-order valence-corrected chi connectivity index (χ2v) is 4.39. The highest BCUT2D eigenvalue weighted by Crippen LogP contribution is 2.19. The molecule has 0 aromatic carbocycles. The molecule has 7 heteroatoms. The van der Waals surface area contributed by atoms with Crippen molar-refractivity contribution in [3.8, 4) is 0 Å². The number of rotatable bonds is 4. The molecule has 0 amide bonds. The Kier molecular flexibility index (Phi) is 5.87. The Balaban J connectivity index is 2.47. The van der Waals surface area contributed by atoms with E-state index in [0.717, 1.165) is 25.7 Å². The minimum atomic E-state index is -4.65. The third kappa shape index (κ3) is 5.68. The van der Waals surface area contributed by atoms with Gasteiger partial charge in [-0.1, -0.05) is 19.3 Å². The van der Waals surface area contributed by atoms with Gasteiger partial charge in [-0.25, -0.2) is 0 Å². The molecule has 0 aromatic rings. The van der Waals surface area contributed by atoms with Crippen LogP contribution in [-0.4, -0.2) is 48.1 Å². The number of alkyl halides is 3. The zero-order valence-electron chi connectivity index (χ0n) is 10.1. The van der Waals surface area contributed by atoms with Crippen molar-refractivity contribution >= 4 is 5.97 Å². The zero-order valence-corrected chi connectivity index (χ0v) is 10.1. The molecule has 4 nitrogen and oxygen atoms in total. The van der Waals surface area contributed by atoms with Crippen LogP contribution in [0.3, 0.4) is 0 Å². The molecular weight excluding hydrogens is 251 g/mol. The van der Waals surface area contributed by atoms with Gasteiger partial charge in [0, 0.05) is 6.54 Å². The van der Waals surface area contributed by atoms with Gasteiger partial charge >= 0.3 is 12.3 Å². The third-order valence-corrected chi connectivity index (χ3v) is 3.04. The summed E-state index contributed by atoms with van der Waals surface area (Å²) in [4.78, 5) is 12.7. The van der Waals surface area contributed by atoms with Gasteiger partial charge in [-0.3, -0.25) is 14.4 Å². The summed E-state index contributed by atoms with van der Waals surface area (Å²) >= 11 is 0. The fourth-order valence-electron chi connectivity index (χ4n) is 2.17. The van der Waals surface area contributed by atoms with E-state index >= 15 is 0 Å². The minimum Gasteiger partial charge on any atom is -0.480 e. The second kappa shape index (κ2) is 6.94. The minimum absolute atomic E-state index is 0.00350. The number of hydrogen-bond donors (Lipinski definition) is 1. The summed E-state index contributed by atoms with van der Waals surface area (Å²) in [6, 6.07) is -0.692. The number of carboxylic acids is 1. The summed E-state index contributed by atoms with van der Waals surface area (Å²) in [7, 11) is 0. The van der Waals surface area contributed by atoms with Gasteiger partial charge < -0.3 is 5.11 Å². The molecule has 0 aromatic heterocycles. The molecule has 0 aliphatic carbocycles. The first-order valence-electron chi connectivity index (χ1n) is 6.08. The van der Waals surface area contributed by atoms with Gasteiger partial charge in [0.2, 0.25) is 0 Å². The van der Waals surface area contributed by atoms with Crippen LogP contribution in [0.1, 0.15) is 32.1 Å². The summed E-state index contributed by atoms with van der Waals surface area (Å²) in [6.45, 7) is -0.0120. The maximum Gasteiger partial charge on any atom is 0.522 e. The third-order valence-electron chi connectivity index (χ3n) is 3.04. The van der Waals surface area contributed by atoms with Crippen LogP contribution in [0, 0.1) is 0 Å². The van der Waals surface area contributed by atoms with E-state index in [1.165, 1.54) is 0 Å². The van der Waals surface area contributed by atoms with E-state index in [0.29, 0.717) is 13.0 Å². The van der Waals surface area contributed by atoms with Gasteiger partial charge in [-0.2, -0.15) is 0 Å². The average Bonchev–Trinajstić information content (AvgIpc) is 2.18. The lowest BCUT2D eigenvalue weighted by Gasteiger charge is -2.30. The Morgan fingerprint density at radius 1 is 1.28 bits per heavy atom. The topological polar surface area (TPSA) is 49.8 Å². The van der Waals surface area contributed by atoms with Crippen LogP contribution < -0.4 is 0 Å². The van der Waals surface area contributed by atoms with Crippen molar-refractivity contribution in [3.05, 3.63) is 0 Å². The standard InChI is InChI=1S/C11H18F3NO3/c12-11(13,14)18-8-7-15-6-4-2-1-3-5-9(15)10(16)17/h9H,1-8H2,(H,16,17).